The molecule has 0 spiro atoms. The van der Waals surface area contributed by atoms with Gasteiger partial charge >= 0.3 is 0 Å². The van der Waals surface area contributed by atoms with Gasteiger partial charge in [-0.15, -0.1) is 5.54 Å². The quantitative estimate of drug-likeness (QED) is 0.552. The van der Waals surface area contributed by atoms with Crippen molar-refractivity contribution >= 4 is 19.4 Å². The van der Waals surface area contributed by atoms with Gasteiger partial charge in [0.2, 0.25) is 0 Å². The molecule has 1 aliphatic carbocycles. The summed E-state index contributed by atoms with van der Waals surface area (Å²) in [5, 5.41) is 0. The molecule has 0 bridgehead atoms. The second kappa shape index (κ2) is 4.79. The Morgan fingerprint density at radius 2 is 1.67 bits per heavy atom. The molecular formula is C16H16OSi. The molecule has 0 saturated carbocycles. The summed E-state index contributed by atoms with van der Waals surface area (Å²) in [6, 6.07) is 9.74. The maximum Gasteiger partial charge on any atom is 0.187 e. The van der Waals surface area contributed by atoms with E-state index in [0.717, 1.165) is 16.7 Å². The number of benzene rings is 1. The van der Waals surface area contributed by atoms with E-state index in [1.54, 1.807) is 6.08 Å². The van der Waals surface area contributed by atoms with Gasteiger partial charge < -0.3 is 0 Å². The van der Waals surface area contributed by atoms with Gasteiger partial charge in [0.05, 0.1) is 0 Å². The fourth-order valence-electron chi connectivity index (χ4n) is 1.72. The fourth-order valence-corrected chi connectivity index (χ4v) is 2.23. The van der Waals surface area contributed by atoms with Crippen LogP contribution >= 0.6 is 0 Å². The lowest BCUT2D eigenvalue weighted by Crippen LogP contribution is -2.16. The molecule has 2 heteroatoms. The molecule has 0 unspecified atom stereocenters. The summed E-state index contributed by atoms with van der Waals surface area (Å²) < 4.78 is 0. The van der Waals surface area contributed by atoms with E-state index in [1.807, 2.05) is 36.4 Å². The fraction of sp³-hybridized carbons (Fsp3) is 0.188. The van der Waals surface area contributed by atoms with Gasteiger partial charge in [-0.1, -0.05) is 55.9 Å². The van der Waals surface area contributed by atoms with Crippen LogP contribution in [-0.2, 0) is 4.79 Å². The second-order valence-electron chi connectivity index (χ2n) is 5.35. The minimum Gasteiger partial charge on any atom is -0.289 e. The molecule has 0 aromatic heterocycles. The number of carbonyl (C=O) groups excluding carboxylic acids is 1. The van der Waals surface area contributed by atoms with Gasteiger partial charge in [-0.25, -0.2) is 0 Å². The van der Waals surface area contributed by atoms with E-state index in [1.165, 1.54) is 0 Å². The summed E-state index contributed by atoms with van der Waals surface area (Å²) in [5.41, 5.74) is 5.86. The van der Waals surface area contributed by atoms with E-state index in [4.69, 9.17) is 0 Å². The topological polar surface area (TPSA) is 17.1 Å². The molecule has 0 fully saturated rings. The molecule has 1 aromatic carbocycles. The second-order valence-corrected chi connectivity index (χ2v) is 10.1. The van der Waals surface area contributed by atoms with Crippen LogP contribution in [0.1, 0.15) is 5.56 Å². The van der Waals surface area contributed by atoms with Crippen molar-refractivity contribution < 1.29 is 4.79 Å². The molecule has 90 valence electrons. The Morgan fingerprint density at radius 3 is 2.28 bits per heavy atom. The predicted octanol–water partition coefficient (Wildman–Crippen LogP) is 3.46. The minimum absolute atomic E-state index is 0.0566. The molecule has 0 N–H and O–H groups in total. The molecule has 1 aliphatic rings. The van der Waals surface area contributed by atoms with Crippen molar-refractivity contribution in [3.05, 3.63) is 53.6 Å². The number of ketones is 1. The van der Waals surface area contributed by atoms with Crippen molar-refractivity contribution in [1.82, 2.24) is 0 Å². The van der Waals surface area contributed by atoms with Crippen LogP contribution in [0.4, 0.5) is 0 Å². The minimum atomic E-state index is -1.42. The van der Waals surface area contributed by atoms with Gasteiger partial charge in [0.25, 0.3) is 0 Å². The lowest BCUT2D eigenvalue weighted by molar-refractivity contribution is -0.109. The highest BCUT2D eigenvalue weighted by Gasteiger charge is 2.18. The van der Waals surface area contributed by atoms with E-state index >= 15 is 0 Å². The first kappa shape index (κ1) is 12.6. The van der Waals surface area contributed by atoms with Gasteiger partial charge in [-0.2, -0.15) is 0 Å². The highest BCUT2D eigenvalue weighted by molar-refractivity contribution is 6.83. The van der Waals surface area contributed by atoms with E-state index in [0.29, 0.717) is 0 Å². The maximum atomic E-state index is 11.9. The molecule has 1 nitrogen and oxygen atoms in total. The third-order valence-corrected chi connectivity index (χ3v) is 3.43. The molecule has 0 amide bonds. The van der Waals surface area contributed by atoms with Gasteiger partial charge in [-0.3, -0.25) is 4.79 Å². The zero-order valence-corrected chi connectivity index (χ0v) is 11.9. The summed E-state index contributed by atoms with van der Waals surface area (Å²) in [5.74, 6) is 3.24. The molecule has 0 radical (unpaired) electrons. The Hall–Kier alpha value is -1.85. The molecule has 0 saturated heterocycles. The summed E-state index contributed by atoms with van der Waals surface area (Å²) in [6.07, 6.45) is 3.44. The number of hydrogen-bond donors (Lipinski definition) is 0. The third kappa shape index (κ3) is 2.88. The molecular weight excluding hydrogens is 236 g/mol. The first-order valence-corrected chi connectivity index (χ1v) is 9.53. The van der Waals surface area contributed by atoms with E-state index in [2.05, 4.69) is 31.1 Å². The van der Waals surface area contributed by atoms with E-state index in [-0.39, 0.29) is 5.78 Å². The van der Waals surface area contributed by atoms with Crippen LogP contribution in [-0.4, -0.2) is 13.9 Å². The summed E-state index contributed by atoms with van der Waals surface area (Å²) in [6.45, 7) is 6.59. The number of rotatable bonds is 1. The van der Waals surface area contributed by atoms with Gasteiger partial charge in [0, 0.05) is 11.1 Å². The first-order valence-electron chi connectivity index (χ1n) is 6.03. The average molecular weight is 252 g/mol. The van der Waals surface area contributed by atoms with E-state index < -0.39 is 8.07 Å². The van der Waals surface area contributed by atoms with Crippen molar-refractivity contribution in [3.63, 3.8) is 0 Å². The summed E-state index contributed by atoms with van der Waals surface area (Å²) in [7, 11) is -1.42. The average Bonchev–Trinajstić information content (AvgIpc) is 2.68. The Balaban J connectivity index is 2.47. The van der Waals surface area contributed by atoms with Crippen LogP contribution < -0.4 is 0 Å². The Labute approximate surface area is 109 Å². The van der Waals surface area contributed by atoms with Crippen molar-refractivity contribution in [1.29, 1.82) is 0 Å². The molecule has 0 atom stereocenters. The van der Waals surface area contributed by atoms with Crippen LogP contribution in [0.2, 0.25) is 19.6 Å². The molecule has 18 heavy (non-hydrogen) atoms. The molecule has 0 aliphatic heterocycles. The van der Waals surface area contributed by atoms with Crippen molar-refractivity contribution in [2.75, 3.05) is 0 Å². The molecule has 2 rings (SSSR count). The monoisotopic (exact) mass is 252 g/mol. The smallest absolute Gasteiger partial charge is 0.187 e. The standard InChI is InChI=1S/C16H16OSi/c1-18(2,3)12-11-14-9-10-15(17)16(14)13-7-5-4-6-8-13/h4-10H,1-3H3. The normalized spacial score (nSPS) is 14.7. The summed E-state index contributed by atoms with van der Waals surface area (Å²) in [4.78, 5) is 11.9. The van der Waals surface area contributed by atoms with Crippen LogP contribution in [0.5, 0.6) is 0 Å². The van der Waals surface area contributed by atoms with Gasteiger partial charge in [-0.05, 0) is 17.7 Å². The van der Waals surface area contributed by atoms with Crippen molar-refractivity contribution in [2.45, 2.75) is 19.6 Å². The lowest BCUT2D eigenvalue weighted by atomic mass is 10.0. The Kier molecular flexibility index (Phi) is 3.36. The summed E-state index contributed by atoms with van der Waals surface area (Å²) >= 11 is 0. The third-order valence-electron chi connectivity index (χ3n) is 2.55. The molecule has 1 aromatic rings. The van der Waals surface area contributed by atoms with Crippen LogP contribution in [0.3, 0.4) is 0 Å². The SMILES string of the molecule is C[Si](C)(C)C#CC1=C(c2ccccc2)C(=O)C=C1. The van der Waals surface area contributed by atoms with Crippen LogP contribution in [0.15, 0.2) is 48.1 Å². The Morgan fingerprint density at radius 1 is 1.00 bits per heavy atom. The zero-order chi connectivity index (χ0) is 13.2. The van der Waals surface area contributed by atoms with Gasteiger partial charge in [0.1, 0.15) is 8.07 Å². The van der Waals surface area contributed by atoms with Crippen LogP contribution in [0.25, 0.3) is 5.57 Å². The lowest BCUT2D eigenvalue weighted by Gasteiger charge is -2.05. The van der Waals surface area contributed by atoms with E-state index in [9.17, 15) is 4.79 Å². The molecule has 0 heterocycles. The van der Waals surface area contributed by atoms with Crippen molar-refractivity contribution in [3.8, 4) is 11.5 Å². The highest BCUT2D eigenvalue weighted by Crippen LogP contribution is 2.25. The van der Waals surface area contributed by atoms with Crippen molar-refractivity contribution in [2.24, 2.45) is 0 Å². The maximum absolute atomic E-state index is 11.9. The predicted molar refractivity (Wildman–Crippen MR) is 78.6 cm³/mol. The highest BCUT2D eigenvalue weighted by atomic mass is 28.3. The van der Waals surface area contributed by atoms with Crippen LogP contribution in [0, 0.1) is 11.5 Å². The number of hydrogen-bond acceptors (Lipinski definition) is 1. The Bertz CT molecular complexity index is 589. The largest absolute Gasteiger partial charge is 0.289 e. The number of allylic oxidation sites excluding steroid dienone is 4. The first-order chi connectivity index (χ1) is 8.47. The number of carbonyl (C=O) groups is 1. The van der Waals surface area contributed by atoms with Gasteiger partial charge in [0.15, 0.2) is 5.78 Å². The zero-order valence-electron chi connectivity index (χ0n) is 10.9.